The van der Waals surface area contributed by atoms with Crippen molar-refractivity contribution in [3.8, 4) is 0 Å². The van der Waals surface area contributed by atoms with Crippen molar-refractivity contribution >= 4 is 285 Å². The fourth-order valence-corrected chi connectivity index (χ4v) is 8.95. The minimum absolute atomic E-state index is 0.00157. The summed E-state index contributed by atoms with van der Waals surface area (Å²) in [6.07, 6.45) is 3.25. The van der Waals surface area contributed by atoms with Crippen molar-refractivity contribution in [2.24, 2.45) is 21.7 Å². The van der Waals surface area contributed by atoms with Crippen LogP contribution in [0.3, 0.4) is 0 Å². The molecule has 0 bridgehead atoms. The molecule has 0 aliphatic heterocycles. The molecule has 0 aliphatic rings. The standard InChI is InChI=1S/C17H28O8S4.C15H26O6S3.C13H20O8S4.C12H20O6S3.C9H16O4S/c18-13(1-5-26)22-9-17(10-23-14(19)2-6-27,11-24-15(20)3-7-28)12-25-16(21)4-8-29;1-2-15(9-19-12(16)3-6-22,10-20-13(17)4-7-23)11-21-14(18)5-8-24;14-9(1-22)18-5-13(6-19-10(15)2-23,7-20-11(16)3-24)8-21-12(17)4-25;1-2-12(6-16-9(13)3-19,7-17-10(14)4-20)8-18-11(15)5-21;1-2-3-8(10)12-5-6-13-9(11)4-7-14/h26-29H,1-12H2;22-24H,2-11H2,1H3;22-25H,1-8H2;19-21H,2-8H2,1H3;14H,2-7H2,1H3. The highest BCUT2D eigenvalue weighted by molar-refractivity contribution is 7.83. The Labute approximate surface area is 742 Å². The largest absolute Gasteiger partial charge is 0.465 e. The summed E-state index contributed by atoms with van der Waals surface area (Å²) in [7, 11) is 0. The minimum atomic E-state index is -1.28. The van der Waals surface area contributed by atoms with Crippen molar-refractivity contribution < 1.29 is 153 Å². The number of carbonyl (C=O) groups is 16. The molecule has 0 unspecified atom stereocenters. The summed E-state index contributed by atoms with van der Waals surface area (Å²) in [4.78, 5) is 183. The third-order valence-corrected chi connectivity index (χ3v) is 17.1. The molecule has 47 heteroatoms. The van der Waals surface area contributed by atoms with E-state index in [4.69, 9.17) is 75.8 Å². The van der Waals surface area contributed by atoms with Gasteiger partial charge in [-0.05, 0) is 19.3 Å². The number of rotatable bonds is 58. The van der Waals surface area contributed by atoms with E-state index in [2.05, 4.69) is 189 Å². The number of thiol groups is 15. The first-order valence-electron chi connectivity index (χ1n) is 34.3. The van der Waals surface area contributed by atoms with E-state index in [1.807, 2.05) is 20.8 Å². The van der Waals surface area contributed by atoms with Gasteiger partial charge in [0.05, 0.1) is 102 Å². The van der Waals surface area contributed by atoms with Crippen molar-refractivity contribution in [1.29, 1.82) is 0 Å². The smallest absolute Gasteiger partial charge is 0.315 e. The van der Waals surface area contributed by atoms with Gasteiger partial charge in [0.1, 0.15) is 117 Å². The zero-order chi connectivity index (χ0) is 87.0. The predicted molar refractivity (Wildman–Crippen MR) is 465 cm³/mol. The van der Waals surface area contributed by atoms with Crippen LogP contribution in [0.1, 0.15) is 97.8 Å². The Balaban J connectivity index is -0.000000437. The Kier molecular flexibility index (Phi) is 81.0. The Hall–Kier alpha value is -3.23. The van der Waals surface area contributed by atoms with Crippen LogP contribution in [0.15, 0.2) is 0 Å². The normalized spacial score (nSPS) is 10.7. The molecule has 0 fully saturated rings. The maximum Gasteiger partial charge on any atom is 0.315 e. The maximum atomic E-state index is 11.8. The molecule has 0 saturated heterocycles. The third-order valence-electron chi connectivity index (χ3n) is 13.5. The molecule has 0 aromatic rings. The van der Waals surface area contributed by atoms with E-state index < -0.39 is 105 Å². The number of ether oxygens (including phenoxy) is 16. The molecule has 0 rings (SSSR count). The van der Waals surface area contributed by atoms with Gasteiger partial charge in [-0.15, -0.1) is 0 Å². The lowest BCUT2D eigenvalue weighted by atomic mass is 9.88. The van der Waals surface area contributed by atoms with Crippen molar-refractivity contribution in [2.45, 2.75) is 97.8 Å². The lowest BCUT2D eigenvalue weighted by Crippen LogP contribution is -2.44. The highest BCUT2D eigenvalue weighted by Gasteiger charge is 2.40. The van der Waals surface area contributed by atoms with E-state index >= 15 is 0 Å². The summed E-state index contributed by atoms with van der Waals surface area (Å²) in [6, 6.07) is 0. The Morgan fingerprint density at radius 2 is 0.301 bits per heavy atom. The molecular formula is C66H110O32S15. The van der Waals surface area contributed by atoms with Gasteiger partial charge in [0.15, 0.2) is 0 Å². The van der Waals surface area contributed by atoms with Crippen molar-refractivity contribution in [3.63, 3.8) is 0 Å². The van der Waals surface area contributed by atoms with E-state index in [0.29, 0.717) is 42.3 Å². The molecule has 0 spiro atoms. The Bertz CT molecular complexity index is 2460. The van der Waals surface area contributed by atoms with Crippen molar-refractivity contribution in [2.75, 3.05) is 192 Å². The van der Waals surface area contributed by atoms with Gasteiger partial charge in [0.2, 0.25) is 0 Å². The summed E-state index contributed by atoms with van der Waals surface area (Å²) in [5.74, 6) is -6.12. The van der Waals surface area contributed by atoms with Crippen LogP contribution in [-0.4, -0.2) is 288 Å². The molecule has 0 amide bonds. The number of hydrogen-bond acceptors (Lipinski definition) is 47. The first kappa shape index (κ1) is 118. The van der Waals surface area contributed by atoms with E-state index in [0.717, 1.165) is 6.42 Å². The van der Waals surface area contributed by atoms with Crippen LogP contribution in [0.4, 0.5) is 0 Å². The van der Waals surface area contributed by atoms with Crippen LogP contribution in [0.25, 0.3) is 0 Å². The minimum Gasteiger partial charge on any atom is -0.465 e. The molecule has 32 nitrogen and oxygen atoms in total. The fourth-order valence-electron chi connectivity index (χ4n) is 6.85. The lowest BCUT2D eigenvalue weighted by Gasteiger charge is -2.31. The lowest BCUT2D eigenvalue weighted by molar-refractivity contribution is -0.172. The van der Waals surface area contributed by atoms with E-state index in [1.54, 1.807) is 0 Å². The zero-order valence-electron chi connectivity index (χ0n) is 63.2. The Morgan fingerprint density at radius 1 is 0.177 bits per heavy atom. The second-order valence-corrected chi connectivity index (χ2v) is 28.8. The highest BCUT2D eigenvalue weighted by atomic mass is 32.1. The highest BCUT2D eigenvalue weighted by Crippen LogP contribution is 2.28. The molecule has 0 atom stereocenters. The first-order valence-corrected chi connectivity index (χ1v) is 43.8. The fraction of sp³-hybridized carbons (Fsp3) is 0.758. The van der Waals surface area contributed by atoms with Gasteiger partial charge in [-0.3, -0.25) is 76.7 Å². The predicted octanol–water partition coefficient (Wildman–Crippen LogP) is 5.26. The van der Waals surface area contributed by atoms with Crippen LogP contribution in [0, 0.1) is 21.7 Å². The molecule has 0 saturated carbocycles. The van der Waals surface area contributed by atoms with E-state index in [9.17, 15) is 76.7 Å². The quantitative estimate of drug-likeness (QED) is 0.0160. The molecule has 656 valence electrons. The molecule has 0 aromatic heterocycles. The van der Waals surface area contributed by atoms with Crippen LogP contribution >= 0.6 is 189 Å². The van der Waals surface area contributed by atoms with Gasteiger partial charge < -0.3 is 75.8 Å². The van der Waals surface area contributed by atoms with Gasteiger partial charge in [-0.25, -0.2) is 0 Å². The van der Waals surface area contributed by atoms with Gasteiger partial charge in [-0.1, -0.05) is 20.8 Å². The topological polar surface area (TPSA) is 421 Å². The summed E-state index contributed by atoms with van der Waals surface area (Å²) in [6.45, 7) is 3.27. The zero-order valence-corrected chi connectivity index (χ0v) is 76.6. The summed E-state index contributed by atoms with van der Waals surface area (Å²) in [5, 5.41) is 0. The average molecular weight is 1900 g/mol. The molecule has 0 aliphatic carbocycles. The van der Waals surface area contributed by atoms with Crippen LogP contribution in [-0.2, 0) is 153 Å². The first-order chi connectivity index (χ1) is 53.7. The molecule has 0 radical (unpaired) electrons. The van der Waals surface area contributed by atoms with Gasteiger partial charge in [0.25, 0.3) is 0 Å². The average Bonchev–Trinajstić information content (AvgIpc) is 0.884. The molecule has 0 aromatic carbocycles. The third kappa shape index (κ3) is 68.3. The van der Waals surface area contributed by atoms with Gasteiger partial charge in [-0.2, -0.15) is 189 Å². The second kappa shape index (κ2) is 77.4. The summed E-state index contributed by atoms with van der Waals surface area (Å²) < 4.78 is 81.2. The van der Waals surface area contributed by atoms with E-state index in [-0.39, 0.29) is 232 Å². The molecule has 0 N–H and O–H groups in total. The van der Waals surface area contributed by atoms with Gasteiger partial charge >= 0.3 is 95.5 Å². The number of hydrogen-bond donors (Lipinski definition) is 15. The van der Waals surface area contributed by atoms with Crippen LogP contribution in [0.2, 0.25) is 0 Å². The Morgan fingerprint density at radius 3 is 0.425 bits per heavy atom. The molecule has 113 heavy (non-hydrogen) atoms. The monoisotopic (exact) mass is 1890 g/mol. The second-order valence-electron chi connectivity index (χ2n) is 23.0. The van der Waals surface area contributed by atoms with Crippen LogP contribution < -0.4 is 0 Å². The SMILES string of the molecule is CCC(COC(=O)CCS)(COC(=O)CCS)COC(=O)CCS.CCC(COC(=O)CS)(COC(=O)CS)COC(=O)CS.CCCC(=O)OCCOC(=O)CCS.O=C(CCS)OCC(COC(=O)CCS)(COC(=O)CCS)COC(=O)CCS.O=C(CS)OCC(COC(=O)CS)(COC(=O)CS)COC(=O)CS. The number of esters is 16. The van der Waals surface area contributed by atoms with Crippen molar-refractivity contribution in [3.05, 3.63) is 0 Å². The summed E-state index contributed by atoms with van der Waals surface area (Å²) >= 11 is 58.3. The molecule has 0 heterocycles. The van der Waals surface area contributed by atoms with E-state index in [1.165, 1.54) is 0 Å². The van der Waals surface area contributed by atoms with Crippen molar-refractivity contribution in [1.82, 2.24) is 0 Å². The van der Waals surface area contributed by atoms with Gasteiger partial charge in [0, 0.05) is 52.4 Å². The maximum absolute atomic E-state index is 11.8. The number of carbonyl (C=O) groups excluding carboxylic acids is 16. The summed E-state index contributed by atoms with van der Waals surface area (Å²) in [5.41, 5.74) is -4.11. The van der Waals surface area contributed by atoms with Crippen LogP contribution in [0.5, 0.6) is 0 Å². The molecular weight excluding hydrogens is 1790 g/mol.